The van der Waals surface area contributed by atoms with Gasteiger partial charge in [-0.2, -0.15) is 0 Å². The third-order valence-corrected chi connectivity index (χ3v) is 6.04. The van der Waals surface area contributed by atoms with Crippen LogP contribution >= 0.6 is 23.4 Å². The lowest BCUT2D eigenvalue weighted by atomic mass is 10.0. The van der Waals surface area contributed by atoms with Crippen LogP contribution in [0.25, 0.3) is 0 Å². The van der Waals surface area contributed by atoms with Crippen LogP contribution in [0.5, 0.6) is 11.5 Å². The summed E-state index contributed by atoms with van der Waals surface area (Å²) in [6, 6.07) is 13.3. The zero-order valence-electron chi connectivity index (χ0n) is 18.4. The molecule has 0 saturated carbocycles. The first kappa shape index (κ1) is 23.9. The number of hydrogen-bond donors (Lipinski definition) is 1. The summed E-state index contributed by atoms with van der Waals surface area (Å²) in [7, 11) is 0. The Labute approximate surface area is 197 Å². The molecule has 0 aromatic heterocycles. The first-order valence-electron chi connectivity index (χ1n) is 10.2. The number of carbonyl (C=O) groups excluding carboxylic acids is 2. The number of ether oxygens (including phenoxy) is 2. The Morgan fingerprint density at radius 2 is 1.81 bits per heavy atom. The van der Waals surface area contributed by atoms with Crippen molar-refractivity contribution in [3.05, 3.63) is 58.6 Å². The average Bonchev–Trinajstić information content (AvgIpc) is 3.16. The SMILES string of the molecule is CC(=O)NC1=NN(C(C)=O)[C@H](c2ccc(OCCOc3ccc(C(C)C)cc3)c(Cl)c2)S1. The number of hydrogen-bond acceptors (Lipinski definition) is 6. The maximum atomic E-state index is 12.0. The van der Waals surface area contributed by atoms with Crippen molar-refractivity contribution < 1.29 is 19.1 Å². The zero-order chi connectivity index (χ0) is 23.3. The van der Waals surface area contributed by atoms with Gasteiger partial charge in [0.15, 0.2) is 5.17 Å². The topological polar surface area (TPSA) is 80.2 Å². The number of nitrogens with zero attached hydrogens (tertiary/aromatic N) is 2. The van der Waals surface area contributed by atoms with Gasteiger partial charge in [0.2, 0.25) is 11.8 Å². The Bertz CT molecular complexity index is 1010. The van der Waals surface area contributed by atoms with E-state index in [-0.39, 0.29) is 11.8 Å². The Morgan fingerprint density at radius 3 is 2.41 bits per heavy atom. The Hall–Kier alpha value is -2.71. The molecule has 2 aromatic rings. The molecule has 2 amide bonds. The normalized spacial score (nSPS) is 15.5. The van der Waals surface area contributed by atoms with Crippen molar-refractivity contribution in [2.45, 2.75) is 39.0 Å². The lowest BCUT2D eigenvalue weighted by Crippen LogP contribution is -2.25. The van der Waals surface area contributed by atoms with Crippen molar-refractivity contribution >= 4 is 40.3 Å². The van der Waals surface area contributed by atoms with E-state index in [9.17, 15) is 9.59 Å². The smallest absolute Gasteiger partial charge is 0.241 e. The molecule has 9 heteroatoms. The molecule has 0 fully saturated rings. The first-order chi connectivity index (χ1) is 15.2. The molecule has 1 aliphatic heterocycles. The second kappa shape index (κ2) is 10.7. The van der Waals surface area contributed by atoms with E-state index < -0.39 is 5.37 Å². The van der Waals surface area contributed by atoms with Gasteiger partial charge in [0.05, 0.1) is 5.02 Å². The molecular formula is C23H26ClN3O4S. The van der Waals surface area contributed by atoms with Gasteiger partial charge >= 0.3 is 0 Å². The summed E-state index contributed by atoms with van der Waals surface area (Å²) in [5.41, 5.74) is 2.03. The van der Waals surface area contributed by atoms with E-state index in [1.165, 1.54) is 36.2 Å². The van der Waals surface area contributed by atoms with Crippen molar-refractivity contribution in [3.8, 4) is 11.5 Å². The lowest BCUT2D eigenvalue weighted by molar-refractivity contribution is -0.129. The molecule has 0 radical (unpaired) electrons. The first-order valence-corrected chi connectivity index (χ1v) is 11.5. The number of nitrogens with one attached hydrogen (secondary N) is 1. The highest BCUT2D eigenvalue weighted by Gasteiger charge is 2.32. The molecule has 170 valence electrons. The van der Waals surface area contributed by atoms with Gasteiger partial charge in [0.25, 0.3) is 0 Å². The van der Waals surface area contributed by atoms with E-state index in [1.807, 2.05) is 18.2 Å². The Balaban J connectivity index is 1.56. The molecule has 0 saturated heterocycles. The molecule has 0 bridgehead atoms. The maximum absolute atomic E-state index is 12.0. The largest absolute Gasteiger partial charge is 0.490 e. The summed E-state index contributed by atoms with van der Waals surface area (Å²) >= 11 is 7.68. The van der Waals surface area contributed by atoms with Crippen molar-refractivity contribution in [1.82, 2.24) is 10.3 Å². The Morgan fingerprint density at radius 1 is 1.12 bits per heavy atom. The molecule has 2 aromatic carbocycles. The predicted molar refractivity (Wildman–Crippen MR) is 127 cm³/mol. The average molecular weight is 476 g/mol. The van der Waals surface area contributed by atoms with Crippen LogP contribution in [0.1, 0.15) is 50.1 Å². The summed E-state index contributed by atoms with van der Waals surface area (Å²) in [5.74, 6) is 1.30. The molecule has 1 N–H and O–H groups in total. The molecule has 1 aliphatic rings. The van der Waals surface area contributed by atoms with Crippen molar-refractivity contribution in [3.63, 3.8) is 0 Å². The minimum atomic E-state index is -0.418. The fourth-order valence-electron chi connectivity index (χ4n) is 3.03. The summed E-state index contributed by atoms with van der Waals surface area (Å²) in [6.07, 6.45) is 0. The molecular weight excluding hydrogens is 450 g/mol. The number of rotatable bonds is 7. The van der Waals surface area contributed by atoms with E-state index in [4.69, 9.17) is 21.1 Å². The molecule has 0 spiro atoms. The standard InChI is InChI=1S/C23H26ClN3O4S/c1-14(2)17-5-8-19(9-6-17)30-11-12-31-21-10-7-18(13-20(21)24)22-27(16(4)29)26-23(32-22)25-15(3)28/h5-10,13-14,22H,11-12H2,1-4H3,(H,25,26,28)/t22-/m0/s1. The van der Waals surface area contributed by atoms with Gasteiger partial charge in [0, 0.05) is 13.8 Å². The summed E-state index contributed by atoms with van der Waals surface area (Å²) in [6.45, 7) is 7.82. The van der Waals surface area contributed by atoms with Crippen LogP contribution in [0.3, 0.4) is 0 Å². The summed E-state index contributed by atoms with van der Waals surface area (Å²) in [5, 5.41) is 8.49. The quantitative estimate of drug-likeness (QED) is 0.575. The third-order valence-electron chi connectivity index (χ3n) is 4.65. The molecule has 1 atom stereocenters. The number of amides is 2. The van der Waals surface area contributed by atoms with Crippen LogP contribution in [0.15, 0.2) is 47.6 Å². The van der Waals surface area contributed by atoms with E-state index in [0.717, 1.165) is 11.3 Å². The van der Waals surface area contributed by atoms with Gasteiger partial charge in [0.1, 0.15) is 30.1 Å². The van der Waals surface area contributed by atoms with Gasteiger partial charge in [-0.15, -0.1) is 5.10 Å². The third kappa shape index (κ3) is 6.17. The highest BCUT2D eigenvalue weighted by molar-refractivity contribution is 8.14. The number of carbonyl (C=O) groups is 2. The second-order valence-corrected chi connectivity index (χ2v) is 9.01. The van der Waals surface area contributed by atoms with Gasteiger partial charge in [-0.25, -0.2) is 5.01 Å². The maximum Gasteiger partial charge on any atom is 0.241 e. The van der Waals surface area contributed by atoms with Crippen LogP contribution < -0.4 is 14.8 Å². The van der Waals surface area contributed by atoms with Crippen molar-refractivity contribution in [1.29, 1.82) is 0 Å². The highest BCUT2D eigenvalue weighted by atomic mass is 35.5. The minimum Gasteiger partial charge on any atom is -0.490 e. The summed E-state index contributed by atoms with van der Waals surface area (Å²) < 4.78 is 11.5. The minimum absolute atomic E-state index is 0.238. The second-order valence-electron chi connectivity index (χ2n) is 7.53. The lowest BCUT2D eigenvalue weighted by Gasteiger charge is -2.20. The highest BCUT2D eigenvalue weighted by Crippen LogP contribution is 2.40. The van der Waals surface area contributed by atoms with E-state index in [2.05, 4.69) is 36.4 Å². The molecule has 7 nitrogen and oxygen atoms in total. The number of hydrazone groups is 1. The van der Waals surface area contributed by atoms with Crippen molar-refractivity contribution in [2.24, 2.45) is 5.10 Å². The van der Waals surface area contributed by atoms with Gasteiger partial charge in [-0.05, 0) is 41.3 Å². The van der Waals surface area contributed by atoms with E-state index >= 15 is 0 Å². The summed E-state index contributed by atoms with van der Waals surface area (Å²) in [4.78, 5) is 23.3. The van der Waals surface area contributed by atoms with Gasteiger partial charge in [-0.1, -0.05) is 55.4 Å². The molecule has 32 heavy (non-hydrogen) atoms. The fourth-order valence-corrected chi connectivity index (χ4v) is 4.40. The molecule has 0 unspecified atom stereocenters. The number of thioether (sulfide) groups is 1. The van der Waals surface area contributed by atoms with Crippen LogP contribution in [0.4, 0.5) is 0 Å². The molecule has 0 aliphatic carbocycles. The molecule has 3 rings (SSSR count). The van der Waals surface area contributed by atoms with E-state index in [1.54, 1.807) is 12.1 Å². The van der Waals surface area contributed by atoms with Gasteiger partial charge in [-0.3, -0.25) is 9.59 Å². The van der Waals surface area contributed by atoms with Crippen LogP contribution in [-0.2, 0) is 9.59 Å². The van der Waals surface area contributed by atoms with Crippen molar-refractivity contribution in [2.75, 3.05) is 13.2 Å². The van der Waals surface area contributed by atoms with Crippen LogP contribution in [-0.4, -0.2) is 35.2 Å². The molecule has 1 heterocycles. The van der Waals surface area contributed by atoms with Crippen LogP contribution in [0.2, 0.25) is 5.02 Å². The van der Waals surface area contributed by atoms with Gasteiger partial charge < -0.3 is 14.8 Å². The number of amidine groups is 1. The Kier molecular flexibility index (Phi) is 8.04. The van der Waals surface area contributed by atoms with Crippen LogP contribution in [0, 0.1) is 0 Å². The number of benzene rings is 2. The van der Waals surface area contributed by atoms with E-state index in [0.29, 0.717) is 35.1 Å². The predicted octanol–water partition coefficient (Wildman–Crippen LogP) is 4.92. The number of halogens is 1. The monoisotopic (exact) mass is 475 g/mol. The zero-order valence-corrected chi connectivity index (χ0v) is 20.0. The fraction of sp³-hybridized carbons (Fsp3) is 0.348.